The molecule has 0 radical (unpaired) electrons. The van der Waals surface area contributed by atoms with Gasteiger partial charge < -0.3 is 14.7 Å². The predicted octanol–water partition coefficient (Wildman–Crippen LogP) is 2.42. The van der Waals surface area contributed by atoms with Crippen LogP contribution in [0.4, 0.5) is 4.39 Å². The molecular weight excluding hydrogens is 353 g/mol. The standard InChI is InChI=1S/C19H22FN3O4/c1-13-17(12-21-23(13)16-4-2-14(20)3-5-16)19(26)22(9-6-18(24)25)15-7-10-27-11-8-15/h2-5,12,15H,6-11H2,1H3,(H,24,25). The molecule has 1 aliphatic heterocycles. The first-order valence-electron chi connectivity index (χ1n) is 8.88. The van der Waals surface area contributed by atoms with E-state index < -0.39 is 5.97 Å². The molecule has 0 bridgehead atoms. The van der Waals surface area contributed by atoms with Gasteiger partial charge in [0.2, 0.25) is 0 Å². The first kappa shape index (κ1) is 19.0. The van der Waals surface area contributed by atoms with Crippen LogP contribution in [0.3, 0.4) is 0 Å². The van der Waals surface area contributed by atoms with E-state index in [9.17, 15) is 14.0 Å². The number of rotatable bonds is 6. The van der Waals surface area contributed by atoms with Crippen molar-refractivity contribution in [1.82, 2.24) is 14.7 Å². The van der Waals surface area contributed by atoms with Crippen molar-refractivity contribution >= 4 is 11.9 Å². The molecule has 1 saturated heterocycles. The Balaban J connectivity index is 1.86. The molecular formula is C19H22FN3O4. The maximum atomic E-state index is 13.2. The number of aliphatic carboxylic acids is 1. The van der Waals surface area contributed by atoms with Gasteiger partial charge in [-0.25, -0.2) is 9.07 Å². The highest BCUT2D eigenvalue weighted by Crippen LogP contribution is 2.21. The highest BCUT2D eigenvalue weighted by Gasteiger charge is 2.29. The largest absolute Gasteiger partial charge is 0.481 e. The molecule has 1 aliphatic rings. The molecule has 0 spiro atoms. The maximum Gasteiger partial charge on any atom is 0.305 e. The van der Waals surface area contributed by atoms with Crippen molar-refractivity contribution in [3.05, 3.63) is 47.5 Å². The Morgan fingerprint density at radius 1 is 1.30 bits per heavy atom. The zero-order valence-corrected chi connectivity index (χ0v) is 15.1. The predicted molar refractivity (Wildman–Crippen MR) is 95.4 cm³/mol. The normalized spacial score (nSPS) is 14.9. The molecule has 0 atom stereocenters. The molecule has 0 aliphatic carbocycles. The van der Waals surface area contributed by atoms with Gasteiger partial charge in [-0.1, -0.05) is 0 Å². The Labute approximate surface area is 156 Å². The van der Waals surface area contributed by atoms with E-state index in [4.69, 9.17) is 9.84 Å². The van der Waals surface area contributed by atoms with Crippen LogP contribution in [0.1, 0.15) is 35.3 Å². The molecule has 2 aromatic rings. The molecule has 1 amide bonds. The summed E-state index contributed by atoms with van der Waals surface area (Å²) in [7, 11) is 0. The van der Waals surface area contributed by atoms with Crippen molar-refractivity contribution in [2.45, 2.75) is 32.2 Å². The number of halogens is 1. The number of carbonyl (C=O) groups is 2. The van der Waals surface area contributed by atoms with E-state index in [-0.39, 0.29) is 30.7 Å². The monoisotopic (exact) mass is 375 g/mol. The first-order valence-corrected chi connectivity index (χ1v) is 8.88. The Morgan fingerprint density at radius 3 is 2.59 bits per heavy atom. The molecule has 144 valence electrons. The van der Waals surface area contributed by atoms with Crippen LogP contribution >= 0.6 is 0 Å². The Morgan fingerprint density at radius 2 is 1.96 bits per heavy atom. The second-order valence-electron chi connectivity index (χ2n) is 6.52. The summed E-state index contributed by atoms with van der Waals surface area (Å²) in [5, 5.41) is 13.3. The number of aromatic nitrogens is 2. The third-order valence-corrected chi connectivity index (χ3v) is 4.77. The highest BCUT2D eigenvalue weighted by molar-refractivity contribution is 5.95. The number of amides is 1. The van der Waals surface area contributed by atoms with E-state index in [1.807, 2.05) is 0 Å². The lowest BCUT2D eigenvalue weighted by atomic mass is 10.0. The van der Waals surface area contributed by atoms with E-state index in [2.05, 4.69) is 5.10 Å². The lowest BCUT2D eigenvalue weighted by Crippen LogP contribution is -2.44. The van der Waals surface area contributed by atoms with E-state index >= 15 is 0 Å². The number of carboxylic acids is 1. The Kier molecular flexibility index (Phi) is 5.85. The fraction of sp³-hybridized carbons (Fsp3) is 0.421. The van der Waals surface area contributed by atoms with Crippen molar-refractivity contribution < 1.29 is 23.8 Å². The fourth-order valence-electron chi connectivity index (χ4n) is 3.28. The summed E-state index contributed by atoms with van der Waals surface area (Å²) in [6.07, 6.45) is 2.72. The number of benzene rings is 1. The zero-order chi connectivity index (χ0) is 19.4. The summed E-state index contributed by atoms with van der Waals surface area (Å²) in [5.41, 5.74) is 1.69. The van der Waals surface area contributed by atoms with E-state index in [0.29, 0.717) is 43.0 Å². The average molecular weight is 375 g/mol. The van der Waals surface area contributed by atoms with Gasteiger partial charge >= 0.3 is 5.97 Å². The van der Waals surface area contributed by atoms with Gasteiger partial charge in [-0.2, -0.15) is 5.10 Å². The number of nitrogens with zero attached hydrogens (tertiary/aromatic N) is 3. The van der Waals surface area contributed by atoms with Gasteiger partial charge in [-0.3, -0.25) is 9.59 Å². The molecule has 2 heterocycles. The van der Waals surface area contributed by atoms with Gasteiger partial charge in [-0.05, 0) is 44.0 Å². The lowest BCUT2D eigenvalue weighted by Gasteiger charge is -2.34. The number of hydrogen-bond donors (Lipinski definition) is 1. The summed E-state index contributed by atoms with van der Waals surface area (Å²) in [5.74, 6) is -1.54. The minimum absolute atomic E-state index is 0.0563. The summed E-state index contributed by atoms with van der Waals surface area (Å²) in [6, 6.07) is 5.78. The van der Waals surface area contributed by atoms with Crippen LogP contribution in [0, 0.1) is 12.7 Å². The van der Waals surface area contributed by atoms with Crippen molar-refractivity contribution in [2.24, 2.45) is 0 Å². The van der Waals surface area contributed by atoms with Gasteiger partial charge in [0.1, 0.15) is 5.82 Å². The second-order valence-corrected chi connectivity index (χ2v) is 6.52. The average Bonchev–Trinajstić information content (AvgIpc) is 3.04. The minimum Gasteiger partial charge on any atom is -0.481 e. The van der Waals surface area contributed by atoms with Crippen LogP contribution in [0.5, 0.6) is 0 Å². The summed E-state index contributed by atoms with van der Waals surface area (Å²) >= 11 is 0. The van der Waals surface area contributed by atoms with Crippen LogP contribution < -0.4 is 0 Å². The van der Waals surface area contributed by atoms with E-state index in [1.165, 1.54) is 18.3 Å². The van der Waals surface area contributed by atoms with Gasteiger partial charge in [0.15, 0.2) is 0 Å². The van der Waals surface area contributed by atoms with E-state index in [1.54, 1.807) is 28.6 Å². The molecule has 1 aromatic heterocycles. The molecule has 0 saturated carbocycles. The maximum absolute atomic E-state index is 13.2. The van der Waals surface area contributed by atoms with Gasteiger partial charge in [0.05, 0.1) is 29.6 Å². The SMILES string of the molecule is Cc1c(C(=O)N(CCC(=O)O)C2CCOCC2)cnn1-c1ccc(F)cc1. The fourth-order valence-corrected chi connectivity index (χ4v) is 3.28. The molecule has 3 rings (SSSR count). The van der Waals surface area contributed by atoms with Crippen LogP contribution in [0.25, 0.3) is 5.69 Å². The molecule has 1 aromatic carbocycles. The molecule has 8 heteroatoms. The second kappa shape index (κ2) is 8.30. The number of carboxylic acid groups (broad SMARTS) is 1. The van der Waals surface area contributed by atoms with Crippen molar-refractivity contribution in [1.29, 1.82) is 0 Å². The third-order valence-electron chi connectivity index (χ3n) is 4.77. The van der Waals surface area contributed by atoms with Crippen LogP contribution in [-0.2, 0) is 9.53 Å². The molecule has 1 fully saturated rings. The number of carbonyl (C=O) groups excluding carboxylic acids is 1. The zero-order valence-electron chi connectivity index (χ0n) is 15.1. The quantitative estimate of drug-likeness (QED) is 0.838. The van der Waals surface area contributed by atoms with Crippen molar-refractivity contribution in [3.8, 4) is 5.69 Å². The summed E-state index contributed by atoms with van der Waals surface area (Å²) in [4.78, 5) is 25.8. The highest BCUT2D eigenvalue weighted by atomic mass is 19.1. The molecule has 27 heavy (non-hydrogen) atoms. The topological polar surface area (TPSA) is 84.7 Å². The van der Waals surface area contributed by atoms with E-state index in [0.717, 1.165) is 0 Å². The number of hydrogen-bond acceptors (Lipinski definition) is 4. The summed E-state index contributed by atoms with van der Waals surface area (Å²) < 4.78 is 20.1. The van der Waals surface area contributed by atoms with Crippen molar-refractivity contribution in [3.63, 3.8) is 0 Å². The van der Waals surface area contributed by atoms with Crippen LogP contribution in [0.15, 0.2) is 30.5 Å². The third kappa shape index (κ3) is 4.33. The van der Waals surface area contributed by atoms with Gasteiger partial charge in [0, 0.05) is 25.8 Å². The van der Waals surface area contributed by atoms with Gasteiger partial charge in [0.25, 0.3) is 5.91 Å². The van der Waals surface area contributed by atoms with Crippen LogP contribution in [0.2, 0.25) is 0 Å². The summed E-state index contributed by atoms with van der Waals surface area (Å²) in [6.45, 7) is 3.01. The Hall–Kier alpha value is -2.74. The molecule has 1 N–H and O–H groups in total. The smallest absolute Gasteiger partial charge is 0.305 e. The van der Waals surface area contributed by atoms with Gasteiger partial charge in [-0.15, -0.1) is 0 Å². The molecule has 7 nitrogen and oxygen atoms in total. The van der Waals surface area contributed by atoms with Crippen LogP contribution in [-0.4, -0.2) is 57.5 Å². The first-order chi connectivity index (χ1) is 13.0. The Bertz CT molecular complexity index is 813. The lowest BCUT2D eigenvalue weighted by molar-refractivity contribution is -0.137. The van der Waals surface area contributed by atoms with Crippen molar-refractivity contribution in [2.75, 3.05) is 19.8 Å². The number of ether oxygens (including phenoxy) is 1. The minimum atomic E-state index is -0.946. The molecule has 0 unspecified atom stereocenters.